The number of hydrogen-bond donors (Lipinski definition) is 2. The summed E-state index contributed by atoms with van der Waals surface area (Å²) < 4.78 is 25.7. The molecule has 8 nitrogen and oxygen atoms in total. The van der Waals surface area contributed by atoms with Crippen molar-refractivity contribution in [2.24, 2.45) is 0 Å². The van der Waals surface area contributed by atoms with E-state index in [0.717, 1.165) is 33.5 Å². The van der Waals surface area contributed by atoms with Gasteiger partial charge in [0.05, 0.1) is 4.90 Å². The number of amides is 1. The maximum Gasteiger partial charge on any atom is 0.229 e. The van der Waals surface area contributed by atoms with Crippen molar-refractivity contribution in [3.8, 4) is 0 Å². The molecule has 0 atom stereocenters. The lowest BCUT2D eigenvalue weighted by Crippen LogP contribution is -2.18. The van der Waals surface area contributed by atoms with Crippen molar-refractivity contribution < 1.29 is 13.2 Å². The van der Waals surface area contributed by atoms with Crippen LogP contribution in [0.5, 0.6) is 0 Å². The normalized spacial score (nSPS) is 13.6. The predicted molar refractivity (Wildman–Crippen MR) is 123 cm³/mol. The van der Waals surface area contributed by atoms with Crippen molar-refractivity contribution in [2.75, 3.05) is 16.9 Å². The molecular weight excluding hydrogens is 426 g/mol. The molecule has 9 heteroatoms. The SMILES string of the molecule is CS(=O)(=O)c1cccc(Cn2ccc3cnc(Nc4ccc5c(c4)CCC(=O)N5)nc32)c1. The number of aromatic nitrogens is 3. The van der Waals surface area contributed by atoms with Crippen LogP contribution in [0, 0.1) is 0 Å². The van der Waals surface area contributed by atoms with E-state index in [1.165, 1.54) is 6.26 Å². The topological polar surface area (TPSA) is 106 Å². The number of aryl methyl sites for hydroxylation is 1. The van der Waals surface area contributed by atoms with Gasteiger partial charge in [0.1, 0.15) is 5.65 Å². The molecule has 162 valence electrons. The molecule has 0 radical (unpaired) electrons. The third kappa shape index (κ3) is 4.06. The molecule has 0 spiro atoms. The minimum absolute atomic E-state index is 0.0369. The molecule has 0 bridgehead atoms. The van der Waals surface area contributed by atoms with E-state index in [-0.39, 0.29) is 5.91 Å². The second-order valence-corrected chi connectivity index (χ2v) is 9.90. The number of hydrogen-bond acceptors (Lipinski definition) is 6. The molecule has 2 N–H and O–H groups in total. The molecule has 0 saturated heterocycles. The van der Waals surface area contributed by atoms with Crippen LogP contribution in [-0.4, -0.2) is 35.1 Å². The van der Waals surface area contributed by atoms with Gasteiger partial charge in [-0.3, -0.25) is 4.79 Å². The van der Waals surface area contributed by atoms with E-state index in [1.807, 2.05) is 41.1 Å². The van der Waals surface area contributed by atoms with Crippen molar-refractivity contribution in [3.63, 3.8) is 0 Å². The Morgan fingerprint density at radius 3 is 2.84 bits per heavy atom. The maximum absolute atomic E-state index is 11.9. The van der Waals surface area contributed by atoms with Gasteiger partial charge < -0.3 is 15.2 Å². The molecular formula is C23H21N5O3S. The lowest BCUT2D eigenvalue weighted by molar-refractivity contribution is -0.116. The average molecular weight is 448 g/mol. The number of anilines is 3. The summed E-state index contributed by atoms with van der Waals surface area (Å²) in [6.07, 6.45) is 6.06. The fraction of sp³-hybridized carbons (Fsp3) is 0.174. The van der Waals surface area contributed by atoms with E-state index in [0.29, 0.717) is 30.2 Å². The van der Waals surface area contributed by atoms with Crippen molar-refractivity contribution >= 4 is 44.1 Å². The number of sulfone groups is 1. The highest BCUT2D eigenvalue weighted by atomic mass is 32.2. The standard InChI is InChI=1S/C23H21N5O3S/c1-32(30,31)19-4-2-3-15(11-19)14-28-10-9-17-13-24-23(27-22(17)28)25-18-6-7-20-16(12-18)5-8-21(29)26-20/h2-4,6-7,9-13H,5,8,14H2,1H3,(H,26,29)(H,24,25,27). The Kier molecular flexibility index (Phi) is 4.90. The molecule has 1 aliphatic heterocycles. The average Bonchev–Trinajstić information content (AvgIpc) is 3.15. The van der Waals surface area contributed by atoms with Crippen LogP contribution in [0.4, 0.5) is 17.3 Å². The zero-order chi connectivity index (χ0) is 22.3. The summed E-state index contributed by atoms with van der Waals surface area (Å²) in [6, 6.07) is 14.6. The van der Waals surface area contributed by atoms with Crippen LogP contribution >= 0.6 is 0 Å². The van der Waals surface area contributed by atoms with Crippen LogP contribution in [0.3, 0.4) is 0 Å². The van der Waals surface area contributed by atoms with E-state index in [4.69, 9.17) is 0 Å². The summed E-state index contributed by atoms with van der Waals surface area (Å²) in [5.41, 5.74) is 4.38. The van der Waals surface area contributed by atoms with Gasteiger partial charge in [0, 0.05) is 48.4 Å². The van der Waals surface area contributed by atoms with Crippen LogP contribution in [0.25, 0.3) is 11.0 Å². The fourth-order valence-corrected chi connectivity index (χ4v) is 4.51. The molecule has 0 aliphatic carbocycles. The molecule has 2 aromatic carbocycles. The van der Waals surface area contributed by atoms with Crippen molar-refractivity contribution in [1.82, 2.24) is 14.5 Å². The van der Waals surface area contributed by atoms with Crippen LogP contribution in [0.1, 0.15) is 17.5 Å². The number of benzene rings is 2. The van der Waals surface area contributed by atoms with Crippen LogP contribution in [0.2, 0.25) is 0 Å². The monoisotopic (exact) mass is 447 g/mol. The number of carbonyl (C=O) groups excluding carboxylic acids is 1. The minimum atomic E-state index is -3.27. The highest BCUT2D eigenvalue weighted by molar-refractivity contribution is 7.90. The highest BCUT2D eigenvalue weighted by Crippen LogP contribution is 2.27. The van der Waals surface area contributed by atoms with Gasteiger partial charge >= 0.3 is 0 Å². The van der Waals surface area contributed by atoms with E-state index in [1.54, 1.807) is 24.4 Å². The second kappa shape index (κ2) is 7.76. The van der Waals surface area contributed by atoms with Gasteiger partial charge in [-0.2, -0.15) is 4.98 Å². The smallest absolute Gasteiger partial charge is 0.229 e. The second-order valence-electron chi connectivity index (χ2n) is 7.88. The van der Waals surface area contributed by atoms with Gasteiger partial charge in [0.25, 0.3) is 0 Å². The molecule has 2 aromatic heterocycles. The summed E-state index contributed by atoms with van der Waals surface area (Å²) in [4.78, 5) is 20.9. The van der Waals surface area contributed by atoms with Gasteiger partial charge in [0.15, 0.2) is 9.84 Å². The van der Waals surface area contributed by atoms with Crippen molar-refractivity contribution in [3.05, 3.63) is 72.1 Å². The Labute approximate surface area is 185 Å². The largest absolute Gasteiger partial charge is 0.328 e. The number of nitrogens with zero attached hydrogens (tertiary/aromatic N) is 3. The Balaban J connectivity index is 1.42. The summed E-state index contributed by atoms with van der Waals surface area (Å²) in [5.74, 6) is 0.497. The molecule has 1 amide bonds. The zero-order valence-electron chi connectivity index (χ0n) is 17.4. The molecule has 5 rings (SSSR count). The molecule has 0 fully saturated rings. The zero-order valence-corrected chi connectivity index (χ0v) is 18.2. The minimum Gasteiger partial charge on any atom is -0.328 e. The van der Waals surface area contributed by atoms with E-state index in [9.17, 15) is 13.2 Å². The summed E-state index contributed by atoms with van der Waals surface area (Å²) in [6.45, 7) is 0.488. The highest BCUT2D eigenvalue weighted by Gasteiger charge is 2.15. The lowest BCUT2D eigenvalue weighted by Gasteiger charge is -2.17. The van der Waals surface area contributed by atoms with Gasteiger partial charge in [-0.15, -0.1) is 0 Å². The molecule has 3 heterocycles. The van der Waals surface area contributed by atoms with Gasteiger partial charge in [-0.1, -0.05) is 12.1 Å². The Morgan fingerprint density at radius 1 is 1.12 bits per heavy atom. The van der Waals surface area contributed by atoms with Crippen LogP contribution in [-0.2, 0) is 27.6 Å². The number of carbonyl (C=O) groups is 1. The maximum atomic E-state index is 11.9. The van der Waals surface area contributed by atoms with E-state index < -0.39 is 9.84 Å². The third-order valence-electron chi connectivity index (χ3n) is 5.44. The van der Waals surface area contributed by atoms with Crippen molar-refractivity contribution in [1.29, 1.82) is 0 Å². The number of rotatable bonds is 5. The molecule has 4 aromatic rings. The first kappa shape index (κ1) is 20.2. The Bertz CT molecular complexity index is 1460. The van der Waals surface area contributed by atoms with Gasteiger partial charge in [-0.05, 0) is 53.9 Å². The first-order valence-corrected chi connectivity index (χ1v) is 12.0. The summed E-state index contributed by atoms with van der Waals surface area (Å²) >= 11 is 0. The Morgan fingerprint density at radius 2 is 2.00 bits per heavy atom. The van der Waals surface area contributed by atoms with E-state index >= 15 is 0 Å². The third-order valence-corrected chi connectivity index (χ3v) is 6.55. The van der Waals surface area contributed by atoms with Crippen molar-refractivity contribution in [2.45, 2.75) is 24.3 Å². The first-order valence-electron chi connectivity index (χ1n) is 10.2. The van der Waals surface area contributed by atoms with Gasteiger partial charge in [-0.25, -0.2) is 13.4 Å². The predicted octanol–water partition coefficient (Wildman–Crippen LogP) is 3.51. The Hall–Kier alpha value is -3.72. The number of nitrogens with one attached hydrogen (secondary N) is 2. The fourth-order valence-electron chi connectivity index (χ4n) is 3.82. The quantitative estimate of drug-likeness (QED) is 0.485. The summed E-state index contributed by atoms with van der Waals surface area (Å²) in [7, 11) is -3.27. The molecule has 32 heavy (non-hydrogen) atoms. The lowest BCUT2D eigenvalue weighted by atomic mass is 10.0. The van der Waals surface area contributed by atoms with Gasteiger partial charge in [0.2, 0.25) is 11.9 Å². The van der Waals surface area contributed by atoms with Crippen LogP contribution < -0.4 is 10.6 Å². The molecule has 1 aliphatic rings. The molecule has 0 saturated carbocycles. The number of fused-ring (bicyclic) bond motifs is 2. The van der Waals surface area contributed by atoms with E-state index in [2.05, 4.69) is 20.6 Å². The molecule has 0 unspecified atom stereocenters. The first-order chi connectivity index (χ1) is 15.3. The van der Waals surface area contributed by atoms with Crippen LogP contribution in [0.15, 0.2) is 65.8 Å². The summed E-state index contributed by atoms with van der Waals surface area (Å²) in [5, 5.41) is 7.01.